The van der Waals surface area contributed by atoms with Crippen LogP contribution in [0.25, 0.3) is 0 Å². The standard InChI is InChI=1S/C39H72O12S/c1-3-5-7-9-11-13-15-17-18-20-22-24-26-28-35(41)49-33(31-47-29-27-25-23-21-19-16-14-12-10-8-6-4-2)32-48-39-37(43)38(51-52(44,45)46)36(42)34(30-40)50-39/h7,9,13,15,33-34,36-40,42-43H,3-6,8,10-12,14,16-32H2,1-2H3,(H,44,45,46)/b9-7-,15-13-. The Labute approximate surface area is 314 Å². The van der Waals surface area contributed by atoms with E-state index in [1.807, 2.05) is 0 Å². The first-order valence-corrected chi connectivity index (χ1v) is 21.5. The van der Waals surface area contributed by atoms with Crippen molar-refractivity contribution in [2.75, 3.05) is 26.4 Å². The SMILES string of the molecule is CCC/C=C\C/C=C\CCCCCCCC(=O)OC(COCCCCCCCCCCCCCC)COC1OC(CO)C(O)C(OS(=O)(=O)O)C1O. The van der Waals surface area contributed by atoms with Crippen LogP contribution in [-0.2, 0) is 38.3 Å². The summed E-state index contributed by atoms with van der Waals surface area (Å²) in [5.41, 5.74) is 0. The predicted molar refractivity (Wildman–Crippen MR) is 202 cm³/mol. The van der Waals surface area contributed by atoms with Crippen molar-refractivity contribution in [3.63, 3.8) is 0 Å². The quantitative estimate of drug-likeness (QED) is 0.0223. The molecule has 0 aliphatic carbocycles. The fourth-order valence-corrected chi connectivity index (χ4v) is 6.51. The van der Waals surface area contributed by atoms with Gasteiger partial charge in [0.2, 0.25) is 0 Å². The molecule has 6 unspecified atom stereocenters. The number of carbonyl (C=O) groups excluding carboxylic acids is 1. The molecule has 306 valence electrons. The second-order valence-corrected chi connectivity index (χ2v) is 14.9. The van der Waals surface area contributed by atoms with E-state index in [2.05, 4.69) is 42.3 Å². The summed E-state index contributed by atoms with van der Waals surface area (Å²) >= 11 is 0. The minimum Gasteiger partial charge on any atom is -0.457 e. The van der Waals surface area contributed by atoms with Gasteiger partial charge in [-0.25, -0.2) is 4.18 Å². The fraction of sp³-hybridized carbons (Fsp3) is 0.872. The lowest BCUT2D eigenvalue weighted by atomic mass is 9.99. The zero-order chi connectivity index (χ0) is 38.3. The van der Waals surface area contributed by atoms with Gasteiger partial charge in [0.15, 0.2) is 6.29 Å². The molecule has 0 bridgehead atoms. The van der Waals surface area contributed by atoms with Crippen molar-refractivity contribution < 1.29 is 56.2 Å². The molecule has 1 aliphatic rings. The van der Waals surface area contributed by atoms with Gasteiger partial charge < -0.3 is 34.3 Å². The van der Waals surface area contributed by atoms with Crippen LogP contribution in [0.2, 0.25) is 0 Å². The molecule has 1 fully saturated rings. The molecule has 1 aliphatic heterocycles. The van der Waals surface area contributed by atoms with Crippen molar-refractivity contribution in [1.82, 2.24) is 0 Å². The summed E-state index contributed by atoms with van der Waals surface area (Å²) in [6.07, 6.45) is 23.6. The van der Waals surface area contributed by atoms with E-state index in [0.717, 1.165) is 64.2 Å². The molecule has 13 heteroatoms. The highest BCUT2D eigenvalue weighted by Crippen LogP contribution is 2.26. The van der Waals surface area contributed by atoms with Crippen molar-refractivity contribution in [3.8, 4) is 0 Å². The molecule has 0 amide bonds. The number of esters is 1. The van der Waals surface area contributed by atoms with Gasteiger partial charge >= 0.3 is 16.4 Å². The van der Waals surface area contributed by atoms with E-state index in [-0.39, 0.29) is 19.6 Å². The third kappa shape index (κ3) is 25.6. The van der Waals surface area contributed by atoms with E-state index < -0.39 is 59.8 Å². The molecule has 0 radical (unpaired) electrons. The van der Waals surface area contributed by atoms with Crippen LogP contribution in [0.4, 0.5) is 0 Å². The molecule has 0 aromatic carbocycles. The second kappa shape index (κ2) is 31.9. The van der Waals surface area contributed by atoms with Gasteiger partial charge in [0.1, 0.15) is 30.5 Å². The van der Waals surface area contributed by atoms with Crippen LogP contribution in [0, 0.1) is 0 Å². The van der Waals surface area contributed by atoms with Gasteiger partial charge in [-0.3, -0.25) is 9.35 Å². The number of aliphatic hydroxyl groups excluding tert-OH is 3. The number of carbonyl (C=O) groups is 1. The lowest BCUT2D eigenvalue weighted by molar-refractivity contribution is -0.301. The Morgan fingerprint density at radius 1 is 0.731 bits per heavy atom. The second-order valence-electron chi connectivity index (χ2n) is 13.9. The first kappa shape index (κ1) is 48.6. The Kier molecular flexibility index (Phi) is 29.8. The number of rotatable bonds is 34. The molecule has 1 rings (SSSR count). The van der Waals surface area contributed by atoms with Gasteiger partial charge in [0.05, 0.1) is 19.8 Å². The number of hydrogen-bond donors (Lipinski definition) is 4. The Bertz CT molecular complexity index is 1020. The van der Waals surface area contributed by atoms with E-state index in [4.69, 9.17) is 23.5 Å². The van der Waals surface area contributed by atoms with Gasteiger partial charge in [-0.1, -0.05) is 134 Å². The molecule has 0 aromatic heterocycles. The van der Waals surface area contributed by atoms with Crippen molar-refractivity contribution >= 4 is 16.4 Å². The largest absolute Gasteiger partial charge is 0.457 e. The first-order valence-electron chi connectivity index (χ1n) is 20.1. The maximum Gasteiger partial charge on any atom is 0.397 e. The highest BCUT2D eigenvalue weighted by molar-refractivity contribution is 7.80. The van der Waals surface area contributed by atoms with Gasteiger partial charge in [-0.05, 0) is 38.5 Å². The maximum absolute atomic E-state index is 12.8. The molecule has 4 N–H and O–H groups in total. The summed E-state index contributed by atoms with van der Waals surface area (Å²) in [5.74, 6) is -0.414. The summed E-state index contributed by atoms with van der Waals surface area (Å²) in [5, 5.41) is 30.5. The van der Waals surface area contributed by atoms with Crippen LogP contribution in [-0.4, -0.2) is 97.5 Å². The third-order valence-corrected chi connectivity index (χ3v) is 9.52. The Balaban J connectivity index is 2.50. The Morgan fingerprint density at radius 2 is 1.31 bits per heavy atom. The maximum atomic E-state index is 12.8. The van der Waals surface area contributed by atoms with E-state index in [1.165, 1.54) is 64.2 Å². The average Bonchev–Trinajstić information content (AvgIpc) is 3.11. The zero-order valence-corrected chi connectivity index (χ0v) is 32.9. The van der Waals surface area contributed by atoms with Crippen molar-refractivity contribution in [2.45, 2.75) is 192 Å². The number of aliphatic hydroxyl groups is 3. The van der Waals surface area contributed by atoms with E-state index >= 15 is 0 Å². The molecule has 0 saturated carbocycles. The highest BCUT2D eigenvalue weighted by Gasteiger charge is 2.48. The summed E-state index contributed by atoms with van der Waals surface area (Å²) in [7, 11) is -5.06. The zero-order valence-electron chi connectivity index (χ0n) is 32.1. The van der Waals surface area contributed by atoms with Crippen molar-refractivity contribution in [1.29, 1.82) is 0 Å². The number of unbranched alkanes of at least 4 members (excludes halogenated alkanes) is 17. The van der Waals surface area contributed by atoms with E-state index in [9.17, 15) is 28.5 Å². The van der Waals surface area contributed by atoms with Crippen LogP contribution in [0.3, 0.4) is 0 Å². The van der Waals surface area contributed by atoms with Crippen LogP contribution in [0.1, 0.15) is 155 Å². The number of hydrogen-bond acceptors (Lipinski definition) is 11. The summed E-state index contributed by atoms with van der Waals surface area (Å²) in [4.78, 5) is 12.8. The number of allylic oxidation sites excluding steroid dienone is 4. The molecule has 1 saturated heterocycles. The van der Waals surface area contributed by atoms with Gasteiger partial charge in [0.25, 0.3) is 0 Å². The minimum atomic E-state index is -5.06. The Morgan fingerprint density at radius 3 is 1.90 bits per heavy atom. The smallest absolute Gasteiger partial charge is 0.397 e. The van der Waals surface area contributed by atoms with Crippen molar-refractivity contribution in [3.05, 3.63) is 24.3 Å². The summed E-state index contributed by atoms with van der Waals surface area (Å²) in [6, 6.07) is 0. The topological polar surface area (TPSA) is 178 Å². The van der Waals surface area contributed by atoms with Crippen molar-refractivity contribution in [2.24, 2.45) is 0 Å². The molecule has 6 atom stereocenters. The van der Waals surface area contributed by atoms with Crippen LogP contribution in [0.5, 0.6) is 0 Å². The molecule has 0 spiro atoms. The lowest BCUT2D eigenvalue weighted by Crippen LogP contribution is -2.60. The molecule has 12 nitrogen and oxygen atoms in total. The average molecular weight is 765 g/mol. The molecular weight excluding hydrogens is 692 g/mol. The number of ether oxygens (including phenoxy) is 4. The molecule has 1 heterocycles. The van der Waals surface area contributed by atoms with Gasteiger partial charge in [0, 0.05) is 13.0 Å². The Hall–Kier alpha value is -1.42. The normalized spacial score (nSPS) is 21.7. The van der Waals surface area contributed by atoms with Crippen LogP contribution in [0.15, 0.2) is 24.3 Å². The fourth-order valence-electron chi connectivity index (χ4n) is 6.00. The summed E-state index contributed by atoms with van der Waals surface area (Å²) in [6.45, 7) is 3.89. The minimum absolute atomic E-state index is 0.0332. The first-order chi connectivity index (χ1) is 25.1. The molecule has 0 aromatic rings. The third-order valence-electron chi connectivity index (χ3n) is 9.06. The van der Waals surface area contributed by atoms with E-state index in [1.54, 1.807) is 0 Å². The highest BCUT2D eigenvalue weighted by atomic mass is 32.3. The molecule has 52 heavy (non-hydrogen) atoms. The van der Waals surface area contributed by atoms with Crippen LogP contribution >= 0.6 is 0 Å². The predicted octanol–water partition coefficient (Wildman–Crippen LogP) is 7.29. The van der Waals surface area contributed by atoms with E-state index in [0.29, 0.717) is 13.0 Å². The van der Waals surface area contributed by atoms with Gasteiger partial charge in [-0.2, -0.15) is 8.42 Å². The monoisotopic (exact) mass is 764 g/mol. The summed E-state index contributed by atoms with van der Waals surface area (Å²) < 4.78 is 58.8. The van der Waals surface area contributed by atoms with Crippen LogP contribution < -0.4 is 0 Å². The lowest BCUT2D eigenvalue weighted by Gasteiger charge is -2.41. The van der Waals surface area contributed by atoms with Gasteiger partial charge in [-0.15, -0.1) is 0 Å². The molecular formula is C39H72O12S.